The first-order valence-corrected chi connectivity index (χ1v) is 5.95. The minimum atomic E-state index is 0.639. The van der Waals surface area contributed by atoms with Crippen LogP contribution in [0.3, 0.4) is 0 Å². The van der Waals surface area contributed by atoms with E-state index in [9.17, 15) is 0 Å². The summed E-state index contributed by atoms with van der Waals surface area (Å²) in [5, 5.41) is 7.77. The monoisotopic (exact) mass is 224 g/mol. The van der Waals surface area contributed by atoms with Crippen molar-refractivity contribution in [2.75, 3.05) is 27.2 Å². The van der Waals surface area contributed by atoms with Crippen molar-refractivity contribution in [3.63, 3.8) is 0 Å². The molecule has 0 spiro atoms. The first-order chi connectivity index (χ1) is 7.59. The molecule has 0 fully saturated rings. The molecule has 16 heavy (non-hydrogen) atoms. The van der Waals surface area contributed by atoms with Gasteiger partial charge in [0.15, 0.2) is 0 Å². The fourth-order valence-electron chi connectivity index (χ4n) is 1.54. The molecule has 92 valence electrons. The Kier molecular flexibility index (Phi) is 5.49. The Balaban J connectivity index is 2.33. The van der Waals surface area contributed by atoms with Gasteiger partial charge in [-0.3, -0.25) is 4.68 Å². The Bertz CT molecular complexity index is 291. The van der Waals surface area contributed by atoms with Gasteiger partial charge in [-0.15, -0.1) is 0 Å². The van der Waals surface area contributed by atoms with Crippen LogP contribution in [0.5, 0.6) is 0 Å². The van der Waals surface area contributed by atoms with E-state index in [1.807, 2.05) is 6.20 Å². The molecule has 0 aliphatic rings. The highest BCUT2D eigenvalue weighted by molar-refractivity contribution is 5.00. The smallest absolute Gasteiger partial charge is 0.0522 e. The van der Waals surface area contributed by atoms with Crippen LogP contribution in [-0.4, -0.2) is 41.9 Å². The minimum absolute atomic E-state index is 0.639. The van der Waals surface area contributed by atoms with Crippen LogP contribution in [0.4, 0.5) is 0 Å². The maximum atomic E-state index is 4.34. The van der Waals surface area contributed by atoms with Gasteiger partial charge in [-0.2, -0.15) is 5.10 Å². The van der Waals surface area contributed by atoms with E-state index in [2.05, 4.69) is 54.0 Å². The largest absolute Gasteiger partial charge is 0.310 e. The zero-order valence-electron chi connectivity index (χ0n) is 10.9. The normalized spacial score (nSPS) is 11.6. The quantitative estimate of drug-likeness (QED) is 0.706. The van der Waals surface area contributed by atoms with Crippen LogP contribution in [0.1, 0.15) is 19.5 Å². The van der Waals surface area contributed by atoms with Gasteiger partial charge in [0.25, 0.3) is 0 Å². The molecular formula is C12H24N4. The van der Waals surface area contributed by atoms with E-state index in [1.54, 1.807) is 0 Å². The average Bonchev–Trinajstić information content (AvgIpc) is 2.59. The summed E-state index contributed by atoms with van der Waals surface area (Å²) < 4.78 is 2.09. The van der Waals surface area contributed by atoms with Crippen molar-refractivity contribution < 1.29 is 0 Å². The summed E-state index contributed by atoms with van der Waals surface area (Å²) in [6, 6.07) is 2.09. The third kappa shape index (κ3) is 4.77. The van der Waals surface area contributed by atoms with Gasteiger partial charge in [-0.05, 0) is 26.1 Å². The molecule has 0 atom stereocenters. The molecule has 0 bridgehead atoms. The van der Waals surface area contributed by atoms with Gasteiger partial charge in [0.1, 0.15) is 0 Å². The van der Waals surface area contributed by atoms with Crippen LogP contribution in [0, 0.1) is 5.92 Å². The highest BCUT2D eigenvalue weighted by Gasteiger charge is 2.03. The molecular weight excluding hydrogens is 200 g/mol. The fraction of sp³-hybridized carbons (Fsp3) is 0.750. The third-order valence-corrected chi connectivity index (χ3v) is 2.38. The van der Waals surface area contributed by atoms with Gasteiger partial charge in [0.05, 0.1) is 5.69 Å². The summed E-state index contributed by atoms with van der Waals surface area (Å²) >= 11 is 0. The third-order valence-electron chi connectivity index (χ3n) is 2.38. The predicted octanol–water partition coefficient (Wildman–Crippen LogP) is 1.19. The molecule has 0 amide bonds. The van der Waals surface area contributed by atoms with Crippen molar-refractivity contribution in [2.45, 2.75) is 26.9 Å². The van der Waals surface area contributed by atoms with E-state index in [1.165, 1.54) is 5.69 Å². The average molecular weight is 224 g/mol. The number of hydrogen-bond acceptors (Lipinski definition) is 3. The summed E-state index contributed by atoms with van der Waals surface area (Å²) in [7, 11) is 4.18. The number of likely N-dealkylation sites (N-methyl/N-ethyl adjacent to an activating group) is 1. The predicted molar refractivity (Wildman–Crippen MR) is 67.3 cm³/mol. The maximum absolute atomic E-state index is 4.34. The van der Waals surface area contributed by atoms with E-state index in [0.29, 0.717) is 5.92 Å². The summed E-state index contributed by atoms with van der Waals surface area (Å²) in [6.45, 7) is 8.41. The lowest BCUT2D eigenvalue weighted by Crippen LogP contribution is -2.27. The zero-order chi connectivity index (χ0) is 12.0. The Hall–Kier alpha value is -0.870. The van der Waals surface area contributed by atoms with Gasteiger partial charge >= 0.3 is 0 Å². The van der Waals surface area contributed by atoms with Gasteiger partial charge < -0.3 is 10.2 Å². The van der Waals surface area contributed by atoms with Crippen molar-refractivity contribution in [3.8, 4) is 0 Å². The van der Waals surface area contributed by atoms with Crippen LogP contribution >= 0.6 is 0 Å². The fourth-order valence-corrected chi connectivity index (χ4v) is 1.54. The second-order valence-electron chi connectivity index (χ2n) is 4.88. The second-order valence-corrected chi connectivity index (χ2v) is 4.88. The van der Waals surface area contributed by atoms with Gasteiger partial charge in [-0.25, -0.2) is 0 Å². The van der Waals surface area contributed by atoms with Crippen molar-refractivity contribution >= 4 is 0 Å². The molecule has 0 unspecified atom stereocenters. The van der Waals surface area contributed by atoms with E-state index < -0.39 is 0 Å². The molecule has 1 N–H and O–H groups in total. The number of nitrogens with zero attached hydrogens (tertiary/aromatic N) is 3. The van der Waals surface area contributed by atoms with Crippen LogP contribution in [0.2, 0.25) is 0 Å². The molecule has 1 aromatic heterocycles. The summed E-state index contributed by atoms with van der Waals surface area (Å²) in [6.07, 6.45) is 1.88. The lowest BCUT2D eigenvalue weighted by molar-refractivity contribution is 0.395. The van der Waals surface area contributed by atoms with E-state index >= 15 is 0 Å². The van der Waals surface area contributed by atoms with E-state index in [-0.39, 0.29) is 0 Å². The molecule has 0 aromatic carbocycles. The summed E-state index contributed by atoms with van der Waals surface area (Å²) in [5.41, 5.74) is 1.27. The standard InChI is InChI=1S/C12H24N4/c1-11(2)10-16-12(5-6-14-16)9-13-7-8-15(3)4/h5-6,11,13H,7-10H2,1-4H3. The first-order valence-electron chi connectivity index (χ1n) is 5.95. The highest BCUT2D eigenvalue weighted by atomic mass is 15.3. The molecule has 4 heteroatoms. The molecule has 0 saturated heterocycles. The Labute approximate surface area is 98.6 Å². The van der Waals surface area contributed by atoms with Crippen molar-refractivity contribution in [2.24, 2.45) is 5.92 Å². The molecule has 0 radical (unpaired) electrons. The van der Waals surface area contributed by atoms with Gasteiger partial charge in [0, 0.05) is 32.4 Å². The lowest BCUT2D eigenvalue weighted by atomic mass is 10.2. The van der Waals surface area contributed by atoms with Gasteiger partial charge in [-0.1, -0.05) is 13.8 Å². The zero-order valence-corrected chi connectivity index (χ0v) is 10.9. The molecule has 1 aromatic rings. The minimum Gasteiger partial charge on any atom is -0.310 e. The van der Waals surface area contributed by atoms with Crippen LogP contribution < -0.4 is 5.32 Å². The number of aromatic nitrogens is 2. The summed E-state index contributed by atoms with van der Waals surface area (Å²) in [5.74, 6) is 0.639. The molecule has 1 rings (SSSR count). The molecule has 0 aliphatic heterocycles. The van der Waals surface area contributed by atoms with Crippen LogP contribution in [0.15, 0.2) is 12.3 Å². The van der Waals surface area contributed by atoms with Crippen molar-refractivity contribution in [1.29, 1.82) is 0 Å². The lowest BCUT2D eigenvalue weighted by Gasteiger charge is -2.12. The number of nitrogens with one attached hydrogen (secondary N) is 1. The Morgan fingerprint density at radius 2 is 2.19 bits per heavy atom. The van der Waals surface area contributed by atoms with Gasteiger partial charge in [0.2, 0.25) is 0 Å². The Morgan fingerprint density at radius 1 is 1.44 bits per heavy atom. The van der Waals surface area contributed by atoms with Crippen LogP contribution in [-0.2, 0) is 13.1 Å². The summed E-state index contributed by atoms with van der Waals surface area (Å²) in [4.78, 5) is 2.18. The number of hydrogen-bond donors (Lipinski definition) is 1. The topological polar surface area (TPSA) is 33.1 Å². The SMILES string of the molecule is CC(C)Cn1nccc1CNCCN(C)C. The molecule has 1 heterocycles. The molecule has 4 nitrogen and oxygen atoms in total. The van der Waals surface area contributed by atoms with E-state index in [0.717, 1.165) is 26.2 Å². The molecule has 0 aliphatic carbocycles. The van der Waals surface area contributed by atoms with Crippen LogP contribution in [0.25, 0.3) is 0 Å². The van der Waals surface area contributed by atoms with Crippen molar-refractivity contribution in [1.82, 2.24) is 20.0 Å². The van der Waals surface area contributed by atoms with Crippen molar-refractivity contribution in [3.05, 3.63) is 18.0 Å². The van der Waals surface area contributed by atoms with E-state index in [4.69, 9.17) is 0 Å². The highest BCUT2D eigenvalue weighted by Crippen LogP contribution is 2.03. The number of rotatable bonds is 7. The Morgan fingerprint density at radius 3 is 2.81 bits per heavy atom. The second kappa shape index (κ2) is 6.66. The first kappa shape index (κ1) is 13.2. The maximum Gasteiger partial charge on any atom is 0.0522 e. The molecule has 0 saturated carbocycles.